The van der Waals surface area contributed by atoms with Crippen molar-refractivity contribution in [2.75, 3.05) is 6.61 Å². The molecular weight excluding hydrogens is 210 g/mol. The van der Waals surface area contributed by atoms with Crippen LogP contribution in [0.5, 0.6) is 5.75 Å². The van der Waals surface area contributed by atoms with E-state index in [1.165, 1.54) is 30.4 Å². The van der Waals surface area contributed by atoms with E-state index in [1.807, 2.05) is 0 Å². The zero-order valence-corrected chi connectivity index (χ0v) is 11.0. The second kappa shape index (κ2) is 6.06. The van der Waals surface area contributed by atoms with Crippen molar-refractivity contribution in [3.63, 3.8) is 0 Å². The first-order valence-corrected chi connectivity index (χ1v) is 6.75. The largest absolute Gasteiger partial charge is 0.493 e. The Kier molecular flexibility index (Phi) is 4.43. The van der Waals surface area contributed by atoms with Crippen LogP contribution in [0, 0.1) is 6.92 Å². The number of hydrogen-bond donors (Lipinski definition) is 1. The van der Waals surface area contributed by atoms with Crippen LogP contribution < -0.4 is 10.1 Å². The molecule has 2 nitrogen and oxygen atoms in total. The zero-order chi connectivity index (χ0) is 12.1. The fourth-order valence-corrected chi connectivity index (χ4v) is 1.86. The lowest BCUT2D eigenvalue weighted by atomic mass is 10.1. The van der Waals surface area contributed by atoms with Gasteiger partial charge in [-0.1, -0.05) is 31.0 Å². The Labute approximate surface area is 104 Å². The highest BCUT2D eigenvalue weighted by Crippen LogP contribution is 2.23. The molecule has 0 amide bonds. The maximum Gasteiger partial charge on any atom is 0.123 e. The summed E-state index contributed by atoms with van der Waals surface area (Å²) in [5.74, 6) is 1.05. The molecular formula is C15H23NO. The Morgan fingerprint density at radius 2 is 2.18 bits per heavy atom. The number of benzene rings is 1. The summed E-state index contributed by atoms with van der Waals surface area (Å²) in [5.41, 5.74) is 2.61. The first-order valence-electron chi connectivity index (χ1n) is 6.75. The van der Waals surface area contributed by atoms with Crippen LogP contribution in [-0.2, 0) is 6.54 Å². The summed E-state index contributed by atoms with van der Waals surface area (Å²) >= 11 is 0. The van der Waals surface area contributed by atoms with Gasteiger partial charge in [0.1, 0.15) is 5.75 Å². The molecule has 2 rings (SSSR count). The van der Waals surface area contributed by atoms with Gasteiger partial charge in [-0.25, -0.2) is 0 Å². The minimum absolute atomic E-state index is 0.749. The van der Waals surface area contributed by atoms with Gasteiger partial charge in [0, 0.05) is 18.2 Å². The monoisotopic (exact) mass is 233 g/mol. The van der Waals surface area contributed by atoms with E-state index in [-0.39, 0.29) is 0 Å². The lowest BCUT2D eigenvalue weighted by Gasteiger charge is -2.12. The van der Waals surface area contributed by atoms with Gasteiger partial charge < -0.3 is 10.1 Å². The molecule has 1 aliphatic carbocycles. The highest BCUT2D eigenvalue weighted by Gasteiger charge is 2.20. The molecule has 2 heteroatoms. The van der Waals surface area contributed by atoms with Crippen LogP contribution in [0.2, 0.25) is 0 Å². The second-order valence-electron chi connectivity index (χ2n) is 4.97. The Morgan fingerprint density at radius 1 is 1.35 bits per heavy atom. The van der Waals surface area contributed by atoms with Crippen LogP contribution in [0.3, 0.4) is 0 Å². The molecule has 0 saturated heterocycles. The van der Waals surface area contributed by atoms with Crippen molar-refractivity contribution >= 4 is 0 Å². The first-order chi connectivity index (χ1) is 8.29. The molecule has 1 saturated carbocycles. The van der Waals surface area contributed by atoms with E-state index >= 15 is 0 Å². The Balaban J connectivity index is 1.95. The number of unbranched alkanes of at least 4 members (excludes halogenated alkanes) is 1. The maximum absolute atomic E-state index is 5.85. The van der Waals surface area contributed by atoms with Gasteiger partial charge in [-0.15, -0.1) is 0 Å². The van der Waals surface area contributed by atoms with Crippen molar-refractivity contribution in [2.45, 2.75) is 52.1 Å². The van der Waals surface area contributed by atoms with Gasteiger partial charge in [-0.2, -0.15) is 0 Å². The minimum Gasteiger partial charge on any atom is -0.493 e. The van der Waals surface area contributed by atoms with Gasteiger partial charge in [0.05, 0.1) is 6.61 Å². The normalized spacial score (nSPS) is 14.9. The van der Waals surface area contributed by atoms with Gasteiger partial charge in [0.25, 0.3) is 0 Å². The smallest absolute Gasteiger partial charge is 0.123 e. The van der Waals surface area contributed by atoms with Gasteiger partial charge in [-0.3, -0.25) is 0 Å². The summed E-state index contributed by atoms with van der Waals surface area (Å²) in [4.78, 5) is 0. The molecule has 0 heterocycles. The summed E-state index contributed by atoms with van der Waals surface area (Å²) in [6, 6.07) is 7.21. The molecule has 94 valence electrons. The van der Waals surface area contributed by atoms with E-state index in [9.17, 15) is 0 Å². The standard InChI is InChI=1S/C15H23NO/c1-3-4-9-17-15-8-5-12(2)10-13(15)11-16-14-6-7-14/h5,8,10,14,16H,3-4,6-7,9,11H2,1-2H3. The number of hydrogen-bond acceptors (Lipinski definition) is 2. The van der Waals surface area contributed by atoms with Gasteiger partial charge in [0.15, 0.2) is 0 Å². The minimum atomic E-state index is 0.749. The molecule has 1 fully saturated rings. The molecule has 0 aliphatic heterocycles. The Bertz CT molecular complexity index is 358. The van der Waals surface area contributed by atoms with Crippen LogP contribution >= 0.6 is 0 Å². The predicted molar refractivity (Wildman–Crippen MR) is 71.4 cm³/mol. The van der Waals surface area contributed by atoms with Crippen molar-refractivity contribution in [1.29, 1.82) is 0 Å². The summed E-state index contributed by atoms with van der Waals surface area (Å²) in [5, 5.41) is 3.55. The topological polar surface area (TPSA) is 21.3 Å². The zero-order valence-electron chi connectivity index (χ0n) is 11.0. The molecule has 1 aliphatic rings. The van der Waals surface area contributed by atoms with E-state index in [2.05, 4.69) is 37.4 Å². The summed E-state index contributed by atoms with van der Waals surface area (Å²) in [6.07, 6.45) is 4.97. The first kappa shape index (κ1) is 12.4. The lowest BCUT2D eigenvalue weighted by Crippen LogP contribution is -2.16. The molecule has 0 spiro atoms. The van der Waals surface area contributed by atoms with E-state index in [0.717, 1.165) is 31.4 Å². The number of ether oxygens (including phenoxy) is 1. The Morgan fingerprint density at radius 3 is 2.88 bits per heavy atom. The maximum atomic E-state index is 5.85. The van der Waals surface area contributed by atoms with E-state index in [1.54, 1.807) is 0 Å². The van der Waals surface area contributed by atoms with Crippen LogP contribution in [0.25, 0.3) is 0 Å². The quantitative estimate of drug-likeness (QED) is 0.729. The summed E-state index contributed by atoms with van der Waals surface area (Å²) in [6.45, 7) is 6.09. The average molecular weight is 233 g/mol. The summed E-state index contributed by atoms with van der Waals surface area (Å²) in [7, 11) is 0. The van der Waals surface area contributed by atoms with Crippen molar-refractivity contribution < 1.29 is 4.74 Å². The molecule has 1 aromatic carbocycles. The fourth-order valence-electron chi connectivity index (χ4n) is 1.86. The number of rotatable bonds is 7. The van der Waals surface area contributed by atoms with Crippen molar-refractivity contribution in [3.05, 3.63) is 29.3 Å². The third kappa shape index (κ3) is 4.04. The van der Waals surface area contributed by atoms with Crippen LogP contribution in [0.4, 0.5) is 0 Å². The van der Waals surface area contributed by atoms with E-state index in [0.29, 0.717) is 0 Å². The molecule has 0 atom stereocenters. The van der Waals surface area contributed by atoms with Crippen LogP contribution in [-0.4, -0.2) is 12.6 Å². The van der Waals surface area contributed by atoms with Gasteiger partial charge >= 0.3 is 0 Å². The van der Waals surface area contributed by atoms with Crippen molar-refractivity contribution in [2.24, 2.45) is 0 Å². The number of aryl methyl sites for hydroxylation is 1. The molecule has 0 aromatic heterocycles. The molecule has 0 unspecified atom stereocenters. The lowest BCUT2D eigenvalue weighted by molar-refractivity contribution is 0.305. The van der Waals surface area contributed by atoms with Gasteiger partial charge in [-0.05, 0) is 32.3 Å². The molecule has 1 N–H and O–H groups in total. The SMILES string of the molecule is CCCCOc1ccc(C)cc1CNC1CC1. The van der Waals surface area contributed by atoms with Crippen molar-refractivity contribution in [3.8, 4) is 5.75 Å². The average Bonchev–Trinajstić information content (AvgIpc) is 3.13. The van der Waals surface area contributed by atoms with Crippen molar-refractivity contribution in [1.82, 2.24) is 5.32 Å². The Hall–Kier alpha value is -1.02. The highest BCUT2D eigenvalue weighted by atomic mass is 16.5. The number of nitrogens with one attached hydrogen (secondary N) is 1. The third-order valence-electron chi connectivity index (χ3n) is 3.13. The van der Waals surface area contributed by atoms with Gasteiger partial charge in [0.2, 0.25) is 0 Å². The van der Waals surface area contributed by atoms with E-state index < -0.39 is 0 Å². The second-order valence-corrected chi connectivity index (χ2v) is 4.97. The molecule has 0 radical (unpaired) electrons. The van der Waals surface area contributed by atoms with Crippen LogP contribution in [0.15, 0.2) is 18.2 Å². The van der Waals surface area contributed by atoms with E-state index in [4.69, 9.17) is 4.74 Å². The molecule has 1 aromatic rings. The highest BCUT2D eigenvalue weighted by molar-refractivity contribution is 5.36. The molecule has 17 heavy (non-hydrogen) atoms. The van der Waals surface area contributed by atoms with Crippen LogP contribution in [0.1, 0.15) is 43.7 Å². The fraction of sp³-hybridized carbons (Fsp3) is 0.600. The predicted octanol–water partition coefficient (Wildman–Crippen LogP) is 3.43. The summed E-state index contributed by atoms with van der Waals surface area (Å²) < 4.78 is 5.85. The molecule has 0 bridgehead atoms. The third-order valence-corrected chi connectivity index (χ3v) is 3.13.